The van der Waals surface area contributed by atoms with Crippen molar-refractivity contribution in [1.29, 1.82) is 0 Å². The third kappa shape index (κ3) is 7.56. The summed E-state index contributed by atoms with van der Waals surface area (Å²) in [7, 11) is 0. The number of anilines is 2. The third-order valence-electron chi connectivity index (χ3n) is 9.00. The molecule has 47 heavy (non-hydrogen) atoms. The number of aryl methyl sites for hydroxylation is 1. The van der Waals surface area contributed by atoms with E-state index < -0.39 is 17.2 Å². The van der Waals surface area contributed by atoms with Gasteiger partial charge in [-0.2, -0.15) is 5.10 Å². The van der Waals surface area contributed by atoms with Crippen LogP contribution in [-0.4, -0.2) is 66.7 Å². The molecule has 0 bridgehead atoms. The van der Waals surface area contributed by atoms with Crippen LogP contribution in [0.1, 0.15) is 47.7 Å². The molecule has 2 aliphatic rings. The number of esters is 1. The maximum atomic E-state index is 15.0. The Balaban J connectivity index is 1.03. The molecule has 11 heteroatoms. The van der Waals surface area contributed by atoms with E-state index in [1.54, 1.807) is 11.0 Å². The fourth-order valence-corrected chi connectivity index (χ4v) is 6.41. The molecule has 3 heterocycles. The largest absolute Gasteiger partial charge is 0.493 e. The van der Waals surface area contributed by atoms with Crippen molar-refractivity contribution in [1.82, 2.24) is 14.8 Å². The zero-order chi connectivity index (χ0) is 32.8. The summed E-state index contributed by atoms with van der Waals surface area (Å²) in [6.07, 6.45) is 5.33. The predicted molar refractivity (Wildman–Crippen MR) is 175 cm³/mol. The van der Waals surface area contributed by atoms with Crippen LogP contribution in [0, 0.1) is 24.5 Å². The molecule has 0 spiro atoms. The van der Waals surface area contributed by atoms with Gasteiger partial charge in [0, 0.05) is 55.1 Å². The van der Waals surface area contributed by atoms with E-state index in [1.165, 1.54) is 18.5 Å². The van der Waals surface area contributed by atoms with E-state index in [4.69, 9.17) is 14.2 Å². The Morgan fingerprint density at radius 1 is 1.00 bits per heavy atom. The number of aromatic nitrogens is 3. The van der Waals surface area contributed by atoms with E-state index in [1.807, 2.05) is 37.3 Å². The van der Waals surface area contributed by atoms with Gasteiger partial charge in [-0.3, -0.25) is 0 Å². The molecule has 2 aliphatic heterocycles. The van der Waals surface area contributed by atoms with Gasteiger partial charge in [0.25, 0.3) is 0 Å². The highest BCUT2D eigenvalue weighted by Crippen LogP contribution is 2.42. The number of hydrogen-bond acceptors (Lipinski definition) is 8. The molecule has 0 amide bonds. The van der Waals surface area contributed by atoms with Gasteiger partial charge in [0.05, 0.1) is 31.9 Å². The van der Waals surface area contributed by atoms with E-state index in [0.717, 1.165) is 67.8 Å². The second-order valence-corrected chi connectivity index (χ2v) is 12.4. The second kappa shape index (κ2) is 14.5. The fourth-order valence-electron chi connectivity index (χ4n) is 6.41. The van der Waals surface area contributed by atoms with E-state index in [2.05, 4.69) is 38.9 Å². The number of piperazine rings is 1. The maximum Gasteiger partial charge on any atom is 0.338 e. The Bertz CT molecular complexity index is 1640. The standard InChI is InChI=1S/C36H41F2N5O4/c1-3-4-17-45-35(44)28-5-8-30(9-6-28)41-13-15-42(16-14-41)31-10-12-34(26(2)18-31)46-21-27-20-36(47-22-27,23-43-25-39-24-40-43)32-11-7-29(37)19-33(32)38/h5-12,18-19,24-25,27H,3-4,13-17,20-23H2,1-2H3/t27-,36+/m1/s1. The molecule has 2 fully saturated rings. The van der Waals surface area contributed by atoms with Crippen molar-refractivity contribution < 1.29 is 27.8 Å². The van der Waals surface area contributed by atoms with Gasteiger partial charge in [0.1, 0.15) is 35.6 Å². The number of nitrogens with zero attached hydrogens (tertiary/aromatic N) is 5. The number of carbonyl (C=O) groups excluding carboxylic acids is 1. The first-order valence-corrected chi connectivity index (χ1v) is 16.3. The highest BCUT2D eigenvalue weighted by atomic mass is 19.1. The smallest absolute Gasteiger partial charge is 0.338 e. The molecule has 2 saturated heterocycles. The molecule has 9 nitrogen and oxygen atoms in total. The van der Waals surface area contributed by atoms with Gasteiger partial charge >= 0.3 is 5.97 Å². The van der Waals surface area contributed by atoms with Crippen molar-refractivity contribution in [2.45, 2.75) is 45.3 Å². The minimum absolute atomic E-state index is 0.00380. The molecule has 0 saturated carbocycles. The van der Waals surface area contributed by atoms with Crippen molar-refractivity contribution >= 4 is 17.3 Å². The molecule has 248 valence electrons. The maximum absolute atomic E-state index is 15.0. The molecule has 3 aromatic carbocycles. The summed E-state index contributed by atoms with van der Waals surface area (Å²) < 4.78 is 48.2. The highest BCUT2D eigenvalue weighted by molar-refractivity contribution is 5.89. The molecule has 0 N–H and O–H groups in total. The average Bonchev–Trinajstić information content (AvgIpc) is 3.75. The van der Waals surface area contributed by atoms with Crippen molar-refractivity contribution in [3.63, 3.8) is 0 Å². The van der Waals surface area contributed by atoms with Crippen LogP contribution in [0.15, 0.2) is 73.3 Å². The summed E-state index contributed by atoms with van der Waals surface area (Å²) in [6.45, 7) is 9.06. The van der Waals surface area contributed by atoms with Crippen molar-refractivity contribution in [2.24, 2.45) is 5.92 Å². The quantitative estimate of drug-likeness (QED) is 0.134. The Kier molecular flexibility index (Phi) is 10.0. The Morgan fingerprint density at radius 3 is 2.43 bits per heavy atom. The predicted octanol–water partition coefficient (Wildman–Crippen LogP) is 6.16. The highest BCUT2D eigenvalue weighted by Gasteiger charge is 2.44. The Labute approximate surface area is 274 Å². The zero-order valence-corrected chi connectivity index (χ0v) is 26.9. The van der Waals surface area contributed by atoms with Gasteiger partial charge in [0.15, 0.2) is 0 Å². The molecule has 0 aliphatic carbocycles. The lowest BCUT2D eigenvalue weighted by molar-refractivity contribution is -0.0206. The van der Waals surface area contributed by atoms with Gasteiger partial charge in [-0.05, 0) is 73.9 Å². The van der Waals surface area contributed by atoms with Crippen molar-refractivity contribution in [2.75, 3.05) is 55.8 Å². The number of hydrogen-bond donors (Lipinski definition) is 0. The molecule has 0 radical (unpaired) electrons. The molecular formula is C36H41F2N5O4. The molecule has 6 rings (SSSR count). The van der Waals surface area contributed by atoms with Crippen molar-refractivity contribution in [3.05, 3.63) is 102 Å². The number of unbranched alkanes of at least 4 members (excludes halogenated alkanes) is 1. The minimum Gasteiger partial charge on any atom is -0.493 e. The number of rotatable bonds is 12. The van der Waals surface area contributed by atoms with Crippen molar-refractivity contribution in [3.8, 4) is 5.75 Å². The van der Waals surface area contributed by atoms with Gasteiger partial charge in [0.2, 0.25) is 0 Å². The summed E-state index contributed by atoms with van der Waals surface area (Å²) in [5, 5.41) is 4.19. The van der Waals surface area contributed by atoms with Gasteiger partial charge in [-0.1, -0.05) is 19.4 Å². The number of ether oxygens (including phenoxy) is 3. The third-order valence-corrected chi connectivity index (χ3v) is 9.00. The van der Waals surface area contributed by atoms with Crippen LogP contribution in [0.25, 0.3) is 0 Å². The molecular weight excluding hydrogens is 604 g/mol. The SMILES string of the molecule is CCCCOC(=O)c1ccc(N2CCN(c3ccc(OC[C@@H]4CO[C@@](Cn5cncn5)(c5ccc(F)cc5F)C4)c(C)c3)CC2)cc1. The monoisotopic (exact) mass is 645 g/mol. The van der Waals surface area contributed by atoms with Gasteiger partial charge < -0.3 is 24.0 Å². The van der Waals surface area contributed by atoms with E-state index in [-0.39, 0.29) is 18.4 Å². The lowest BCUT2D eigenvalue weighted by atomic mass is 9.87. The first-order valence-electron chi connectivity index (χ1n) is 16.3. The topological polar surface area (TPSA) is 82.0 Å². The average molecular weight is 646 g/mol. The van der Waals surface area contributed by atoms with Crippen LogP contribution in [-0.2, 0) is 21.6 Å². The zero-order valence-electron chi connectivity index (χ0n) is 26.9. The van der Waals surface area contributed by atoms with Crippen LogP contribution in [0.2, 0.25) is 0 Å². The Morgan fingerprint density at radius 2 is 1.74 bits per heavy atom. The van der Waals surface area contributed by atoms with Crippen LogP contribution in [0.3, 0.4) is 0 Å². The van der Waals surface area contributed by atoms with Crippen LogP contribution >= 0.6 is 0 Å². The van der Waals surface area contributed by atoms with Crippen LogP contribution in [0.5, 0.6) is 5.75 Å². The Hall–Kier alpha value is -4.51. The molecule has 4 aromatic rings. The lowest BCUT2D eigenvalue weighted by Crippen LogP contribution is -2.46. The van der Waals surface area contributed by atoms with Crippen LogP contribution < -0.4 is 14.5 Å². The second-order valence-electron chi connectivity index (χ2n) is 12.4. The summed E-state index contributed by atoms with van der Waals surface area (Å²) in [6, 6.07) is 17.5. The summed E-state index contributed by atoms with van der Waals surface area (Å²) in [5.74, 6) is -0.755. The first kappa shape index (κ1) is 32.4. The molecule has 0 unspecified atom stereocenters. The summed E-state index contributed by atoms with van der Waals surface area (Å²) in [5.41, 5.74) is 3.14. The minimum atomic E-state index is -1.01. The molecule has 2 atom stereocenters. The fraction of sp³-hybridized carbons (Fsp3) is 0.417. The summed E-state index contributed by atoms with van der Waals surface area (Å²) >= 11 is 0. The normalized spacial score (nSPS) is 19.6. The van der Waals surface area contributed by atoms with Gasteiger partial charge in [-0.25, -0.2) is 23.2 Å². The molecule has 1 aromatic heterocycles. The lowest BCUT2D eigenvalue weighted by Gasteiger charge is -2.37. The number of carbonyl (C=O) groups is 1. The van der Waals surface area contributed by atoms with E-state index in [0.29, 0.717) is 37.4 Å². The van der Waals surface area contributed by atoms with E-state index in [9.17, 15) is 13.6 Å². The van der Waals surface area contributed by atoms with E-state index >= 15 is 0 Å². The summed E-state index contributed by atoms with van der Waals surface area (Å²) in [4.78, 5) is 20.9. The first-order chi connectivity index (χ1) is 22.8. The number of benzene rings is 3. The number of halogens is 2. The van der Waals surface area contributed by atoms with Crippen LogP contribution in [0.4, 0.5) is 20.2 Å². The van der Waals surface area contributed by atoms with Gasteiger partial charge in [-0.15, -0.1) is 0 Å².